The van der Waals surface area contributed by atoms with Gasteiger partial charge in [-0.3, -0.25) is 0 Å². The van der Waals surface area contributed by atoms with Crippen LogP contribution in [-0.2, 0) is 0 Å². The Morgan fingerprint density at radius 1 is 1.43 bits per heavy atom. The SMILES string of the molecule is CCC1CCC(C#N)(CCCCl)CC1. The summed E-state index contributed by atoms with van der Waals surface area (Å²) < 4.78 is 0. The summed E-state index contributed by atoms with van der Waals surface area (Å²) in [5, 5.41) is 9.23. The molecule has 0 heterocycles. The van der Waals surface area contributed by atoms with Gasteiger partial charge in [0.2, 0.25) is 0 Å². The molecule has 0 spiro atoms. The Morgan fingerprint density at radius 2 is 2.07 bits per heavy atom. The van der Waals surface area contributed by atoms with Crippen molar-refractivity contribution < 1.29 is 0 Å². The molecule has 1 rings (SSSR count). The second-order valence-corrected chi connectivity index (χ2v) is 4.91. The van der Waals surface area contributed by atoms with Crippen molar-refractivity contribution in [1.29, 1.82) is 5.26 Å². The zero-order valence-electron chi connectivity index (χ0n) is 9.06. The van der Waals surface area contributed by atoms with Crippen molar-refractivity contribution in [3.05, 3.63) is 0 Å². The van der Waals surface area contributed by atoms with Crippen LogP contribution in [0.1, 0.15) is 51.9 Å². The van der Waals surface area contributed by atoms with E-state index >= 15 is 0 Å². The highest BCUT2D eigenvalue weighted by Crippen LogP contribution is 2.42. The molecule has 0 aromatic heterocycles. The summed E-state index contributed by atoms with van der Waals surface area (Å²) in [4.78, 5) is 0. The zero-order chi connectivity index (χ0) is 10.4. The second kappa shape index (κ2) is 5.61. The molecule has 0 bridgehead atoms. The third kappa shape index (κ3) is 2.89. The van der Waals surface area contributed by atoms with Crippen molar-refractivity contribution in [2.45, 2.75) is 51.9 Å². The lowest BCUT2D eigenvalue weighted by Crippen LogP contribution is -2.26. The van der Waals surface area contributed by atoms with Crippen molar-refractivity contribution in [2.75, 3.05) is 5.88 Å². The molecular weight excluding hydrogens is 194 g/mol. The molecule has 0 unspecified atom stereocenters. The van der Waals surface area contributed by atoms with E-state index in [1.165, 1.54) is 19.3 Å². The van der Waals surface area contributed by atoms with E-state index in [1.54, 1.807) is 0 Å². The maximum Gasteiger partial charge on any atom is 0.0689 e. The van der Waals surface area contributed by atoms with Crippen molar-refractivity contribution in [2.24, 2.45) is 11.3 Å². The van der Waals surface area contributed by atoms with E-state index in [-0.39, 0.29) is 5.41 Å². The smallest absolute Gasteiger partial charge is 0.0689 e. The van der Waals surface area contributed by atoms with Crippen LogP contribution < -0.4 is 0 Å². The Morgan fingerprint density at radius 3 is 2.50 bits per heavy atom. The van der Waals surface area contributed by atoms with E-state index in [9.17, 15) is 5.26 Å². The first kappa shape index (κ1) is 11.9. The number of rotatable bonds is 4. The normalized spacial score (nSPS) is 32.5. The van der Waals surface area contributed by atoms with E-state index in [2.05, 4.69) is 13.0 Å². The number of hydrogen-bond donors (Lipinski definition) is 0. The Bertz CT molecular complexity index is 199. The van der Waals surface area contributed by atoms with Gasteiger partial charge in [0.1, 0.15) is 0 Å². The minimum Gasteiger partial charge on any atom is -0.198 e. The van der Waals surface area contributed by atoms with E-state index in [4.69, 9.17) is 11.6 Å². The predicted octanol–water partition coefficient (Wildman–Crippen LogP) is 4.12. The van der Waals surface area contributed by atoms with Crippen molar-refractivity contribution in [1.82, 2.24) is 0 Å². The van der Waals surface area contributed by atoms with E-state index in [1.807, 2.05) is 0 Å². The third-order valence-electron chi connectivity index (χ3n) is 3.67. The minimum absolute atomic E-state index is 0.0272. The van der Waals surface area contributed by atoms with Gasteiger partial charge in [0.05, 0.1) is 11.5 Å². The highest BCUT2D eigenvalue weighted by atomic mass is 35.5. The van der Waals surface area contributed by atoms with E-state index < -0.39 is 0 Å². The van der Waals surface area contributed by atoms with E-state index in [0.29, 0.717) is 5.88 Å². The monoisotopic (exact) mass is 213 g/mol. The van der Waals surface area contributed by atoms with Gasteiger partial charge < -0.3 is 0 Å². The minimum atomic E-state index is -0.0272. The van der Waals surface area contributed by atoms with Crippen molar-refractivity contribution in [3.8, 4) is 6.07 Å². The second-order valence-electron chi connectivity index (χ2n) is 4.54. The first-order chi connectivity index (χ1) is 6.76. The zero-order valence-corrected chi connectivity index (χ0v) is 9.82. The molecule has 0 atom stereocenters. The molecule has 0 aromatic rings. The Labute approximate surface area is 92.4 Å². The van der Waals surface area contributed by atoms with Crippen LogP contribution in [0.4, 0.5) is 0 Å². The Hall–Kier alpha value is -0.220. The molecule has 1 nitrogen and oxygen atoms in total. The maximum absolute atomic E-state index is 9.23. The van der Waals surface area contributed by atoms with Gasteiger partial charge in [0.25, 0.3) is 0 Å². The average Bonchev–Trinajstić information content (AvgIpc) is 2.27. The number of nitriles is 1. The fourth-order valence-electron chi connectivity index (χ4n) is 2.46. The highest BCUT2D eigenvalue weighted by Gasteiger charge is 2.34. The number of nitrogens with zero attached hydrogens (tertiary/aromatic N) is 1. The summed E-state index contributed by atoms with van der Waals surface area (Å²) in [5.74, 6) is 1.56. The van der Waals surface area contributed by atoms with Crippen LogP contribution >= 0.6 is 11.6 Å². The molecule has 14 heavy (non-hydrogen) atoms. The molecule has 1 aliphatic rings. The third-order valence-corrected chi connectivity index (χ3v) is 3.93. The average molecular weight is 214 g/mol. The molecule has 1 saturated carbocycles. The number of hydrogen-bond acceptors (Lipinski definition) is 1. The topological polar surface area (TPSA) is 23.8 Å². The molecule has 1 aliphatic carbocycles. The maximum atomic E-state index is 9.23. The quantitative estimate of drug-likeness (QED) is 0.645. The van der Waals surface area contributed by atoms with Gasteiger partial charge in [-0.05, 0) is 44.4 Å². The summed E-state index contributed by atoms with van der Waals surface area (Å²) in [6, 6.07) is 2.54. The number of alkyl halides is 1. The van der Waals surface area contributed by atoms with Crippen LogP contribution in [0.15, 0.2) is 0 Å². The highest BCUT2D eigenvalue weighted by molar-refractivity contribution is 6.17. The standard InChI is InChI=1S/C12H20ClN/c1-2-11-4-7-12(10-14,8-5-11)6-3-9-13/h11H,2-9H2,1H3. The van der Waals surface area contributed by atoms with Gasteiger partial charge in [0.15, 0.2) is 0 Å². The molecule has 0 amide bonds. The lowest BCUT2D eigenvalue weighted by Gasteiger charge is -2.34. The van der Waals surface area contributed by atoms with Crippen LogP contribution in [0.5, 0.6) is 0 Å². The van der Waals surface area contributed by atoms with Crippen LogP contribution in [0.3, 0.4) is 0 Å². The molecule has 0 radical (unpaired) electrons. The molecule has 0 aliphatic heterocycles. The van der Waals surface area contributed by atoms with Gasteiger partial charge in [-0.1, -0.05) is 13.3 Å². The molecule has 0 saturated heterocycles. The van der Waals surface area contributed by atoms with Crippen LogP contribution in [-0.4, -0.2) is 5.88 Å². The molecule has 80 valence electrons. The first-order valence-electron chi connectivity index (χ1n) is 5.73. The summed E-state index contributed by atoms with van der Waals surface area (Å²) in [7, 11) is 0. The van der Waals surface area contributed by atoms with Crippen molar-refractivity contribution in [3.63, 3.8) is 0 Å². The molecule has 2 heteroatoms. The fourth-order valence-corrected chi connectivity index (χ4v) is 2.59. The Balaban J connectivity index is 2.45. The van der Waals surface area contributed by atoms with Gasteiger partial charge in [-0.2, -0.15) is 5.26 Å². The molecule has 1 fully saturated rings. The Kier molecular flexibility index (Phi) is 4.75. The van der Waals surface area contributed by atoms with Crippen LogP contribution in [0.25, 0.3) is 0 Å². The van der Waals surface area contributed by atoms with E-state index in [0.717, 1.165) is 31.6 Å². The largest absolute Gasteiger partial charge is 0.198 e. The molecule has 0 aromatic carbocycles. The van der Waals surface area contributed by atoms with Crippen LogP contribution in [0.2, 0.25) is 0 Å². The fraction of sp³-hybridized carbons (Fsp3) is 0.917. The predicted molar refractivity (Wildman–Crippen MR) is 60.2 cm³/mol. The van der Waals surface area contributed by atoms with Gasteiger partial charge in [0, 0.05) is 5.88 Å². The first-order valence-corrected chi connectivity index (χ1v) is 6.27. The lowest BCUT2D eigenvalue weighted by molar-refractivity contribution is 0.193. The summed E-state index contributed by atoms with van der Waals surface area (Å²) in [6.45, 7) is 2.25. The van der Waals surface area contributed by atoms with Gasteiger partial charge in [-0.15, -0.1) is 11.6 Å². The van der Waals surface area contributed by atoms with Crippen molar-refractivity contribution >= 4 is 11.6 Å². The lowest BCUT2D eigenvalue weighted by atomic mass is 9.68. The summed E-state index contributed by atoms with van der Waals surface area (Å²) in [5.41, 5.74) is -0.0272. The van der Waals surface area contributed by atoms with Gasteiger partial charge in [-0.25, -0.2) is 0 Å². The summed E-state index contributed by atoms with van der Waals surface area (Å²) >= 11 is 5.69. The molecular formula is C12H20ClN. The van der Waals surface area contributed by atoms with Crippen LogP contribution in [0, 0.1) is 22.7 Å². The van der Waals surface area contributed by atoms with Gasteiger partial charge >= 0.3 is 0 Å². The number of halogens is 1. The molecule has 0 N–H and O–H groups in total. The summed E-state index contributed by atoms with van der Waals surface area (Å²) in [6.07, 6.45) is 7.95.